The van der Waals surface area contributed by atoms with E-state index in [4.69, 9.17) is 11.5 Å². The van der Waals surface area contributed by atoms with Crippen LogP contribution in [0.25, 0.3) is 10.9 Å². The minimum Gasteiger partial charge on any atom is -0.399 e. The number of aromatic nitrogens is 2. The van der Waals surface area contributed by atoms with Crippen LogP contribution >= 0.6 is 0 Å². The van der Waals surface area contributed by atoms with Crippen molar-refractivity contribution >= 4 is 22.5 Å². The molecule has 1 aliphatic heterocycles. The van der Waals surface area contributed by atoms with Crippen LogP contribution in [-0.4, -0.2) is 29.6 Å². The SMILES string of the molecule is CC1(CN)CCN(c2nc3cc(N)ccc3c(=O)[nH]2)CC1. The van der Waals surface area contributed by atoms with Crippen molar-refractivity contribution in [1.82, 2.24) is 9.97 Å². The number of nitrogens with zero attached hydrogens (tertiary/aromatic N) is 2. The number of hydrogen-bond acceptors (Lipinski definition) is 5. The summed E-state index contributed by atoms with van der Waals surface area (Å²) >= 11 is 0. The van der Waals surface area contributed by atoms with Crippen molar-refractivity contribution < 1.29 is 0 Å². The van der Waals surface area contributed by atoms with Crippen LogP contribution in [0, 0.1) is 5.41 Å². The first-order chi connectivity index (χ1) is 10.0. The van der Waals surface area contributed by atoms with Crippen molar-refractivity contribution in [3.63, 3.8) is 0 Å². The number of nitrogens with one attached hydrogen (secondary N) is 1. The maximum Gasteiger partial charge on any atom is 0.260 e. The molecule has 1 saturated heterocycles. The highest BCUT2D eigenvalue weighted by Crippen LogP contribution is 2.30. The minimum atomic E-state index is -0.123. The molecular formula is C15H21N5O. The number of fused-ring (bicyclic) bond motifs is 1. The van der Waals surface area contributed by atoms with E-state index in [9.17, 15) is 4.79 Å². The molecular weight excluding hydrogens is 266 g/mol. The molecule has 112 valence electrons. The number of anilines is 2. The predicted octanol–water partition coefficient (Wildman–Crippen LogP) is 1.07. The molecule has 21 heavy (non-hydrogen) atoms. The zero-order valence-corrected chi connectivity index (χ0v) is 12.2. The fourth-order valence-corrected chi connectivity index (χ4v) is 2.76. The van der Waals surface area contributed by atoms with Crippen molar-refractivity contribution in [1.29, 1.82) is 0 Å². The Morgan fingerprint density at radius 1 is 1.38 bits per heavy atom. The van der Waals surface area contributed by atoms with Crippen LogP contribution in [-0.2, 0) is 0 Å². The molecule has 0 amide bonds. The van der Waals surface area contributed by atoms with Gasteiger partial charge in [-0.2, -0.15) is 0 Å². The van der Waals surface area contributed by atoms with Gasteiger partial charge in [-0.05, 0) is 43.0 Å². The Morgan fingerprint density at radius 3 is 2.76 bits per heavy atom. The lowest BCUT2D eigenvalue weighted by Crippen LogP contribution is -2.43. The van der Waals surface area contributed by atoms with E-state index in [0.717, 1.165) is 25.9 Å². The van der Waals surface area contributed by atoms with Gasteiger partial charge in [0.2, 0.25) is 5.95 Å². The highest BCUT2D eigenvalue weighted by Gasteiger charge is 2.29. The van der Waals surface area contributed by atoms with Gasteiger partial charge in [-0.15, -0.1) is 0 Å². The highest BCUT2D eigenvalue weighted by atomic mass is 16.1. The number of hydrogen-bond donors (Lipinski definition) is 3. The summed E-state index contributed by atoms with van der Waals surface area (Å²) in [6.07, 6.45) is 2.00. The Bertz CT molecular complexity index is 716. The van der Waals surface area contributed by atoms with Crippen LogP contribution in [0.3, 0.4) is 0 Å². The number of rotatable bonds is 2. The smallest absolute Gasteiger partial charge is 0.260 e. The molecule has 0 unspecified atom stereocenters. The van der Waals surface area contributed by atoms with Gasteiger partial charge in [-0.25, -0.2) is 4.98 Å². The van der Waals surface area contributed by atoms with Crippen LogP contribution in [0.5, 0.6) is 0 Å². The number of nitrogen functional groups attached to an aromatic ring is 1. The lowest BCUT2D eigenvalue weighted by molar-refractivity contribution is 0.257. The molecule has 6 heteroatoms. The van der Waals surface area contributed by atoms with Gasteiger partial charge >= 0.3 is 0 Å². The third-order valence-corrected chi connectivity index (χ3v) is 4.48. The van der Waals surface area contributed by atoms with Crippen LogP contribution in [0.4, 0.5) is 11.6 Å². The van der Waals surface area contributed by atoms with E-state index >= 15 is 0 Å². The van der Waals surface area contributed by atoms with E-state index in [0.29, 0.717) is 29.1 Å². The van der Waals surface area contributed by atoms with Gasteiger partial charge in [0.15, 0.2) is 0 Å². The van der Waals surface area contributed by atoms with Gasteiger partial charge in [0.05, 0.1) is 10.9 Å². The predicted molar refractivity (Wildman–Crippen MR) is 85.4 cm³/mol. The summed E-state index contributed by atoms with van der Waals surface area (Å²) < 4.78 is 0. The van der Waals surface area contributed by atoms with Crippen molar-refractivity contribution in [2.45, 2.75) is 19.8 Å². The zero-order chi connectivity index (χ0) is 15.0. The Labute approximate surface area is 123 Å². The van der Waals surface area contributed by atoms with Gasteiger partial charge in [-0.3, -0.25) is 9.78 Å². The third-order valence-electron chi connectivity index (χ3n) is 4.48. The van der Waals surface area contributed by atoms with E-state index in [2.05, 4.69) is 21.8 Å². The quantitative estimate of drug-likeness (QED) is 0.717. The van der Waals surface area contributed by atoms with E-state index in [1.54, 1.807) is 18.2 Å². The van der Waals surface area contributed by atoms with Crippen molar-refractivity contribution in [3.05, 3.63) is 28.6 Å². The van der Waals surface area contributed by atoms with E-state index < -0.39 is 0 Å². The molecule has 6 nitrogen and oxygen atoms in total. The van der Waals surface area contributed by atoms with Crippen LogP contribution in [0.15, 0.2) is 23.0 Å². The van der Waals surface area contributed by atoms with Gasteiger partial charge in [0.25, 0.3) is 5.56 Å². The summed E-state index contributed by atoms with van der Waals surface area (Å²) in [4.78, 5) is 21.7. The summed E-state index contributed by atoms with van der Waals surface area (Å²) in [7, 11) is 0. The number of benzene rings is 1. The molecule has 2 aromatic rings. The Kier molecular flexibility index (Phi) is 3.33. The number of piperidine rings is 1. The Hall–Kier alpha value is -2.08. The first-order valence-corrected chi connectivity index (χ1v) is 7.25. The summed E-state index contributed by atoms with van der Waals surface area (Å²) in [6, 6.07) is 5.16. The molecule has 1 aliphatic rings. The zero-order valence-electron chi connectivity index (χ0n) is 12.2. The fraction of sp³-hybridized carbons (Fsp3) is 0.467. The number of H-pyrrole nitrogens is 1. The average molecular weight is 287 g/mol. The largest absolute Gasteiger partial charge is 0.399 e. The van der Waals surface area contributed by atoms with E-state index in [1.165, 1.54) is 0 Å². The molecule has 3 rings (SSSR count). The molecule has 0 radical (unpaired) electrons. The average Bonchev–Trinajstić information content (AvgIpc) is 2.47. The second-order valence-electron chi connectivity index (χ2n) is 6.17. The molecule has 5 N–H and O–H groups in total. The lowest BCUT2D eigenvalue weighted by Gasteiger charge is -2.38. The highest BCUT2D eigenvalue weighted by molar-refractivity contribution is 5.81. The topological polar surface area (TPSA) is 101 Å². The fourth-order valence-electron chi connectivity index (χ4n) is 2.76. The number of aromatic amines is 1. The molecule has 1 fully saturated rings. The maximum absolute atomic E-state index is 12.2. The molecule has 1 aromatic carbocycles. The lowest BCUT2D eigenvalue weighted by atomic mass is 9.81. The van der Waals surface area contributed by atoms with Crippen molar-refractivity contribution in [3.8, 4) is 0 Å². The second-order valence-corrected chi connectivity index (χ2v) is 6.17. The summed E-state index contributed by atoms with van der Waals surface area (Å²) in [6.45, 7) is 4.61. The van der Waals surface area contributed by atoms with Gasteiger partial charge in [-0.1, -0.05) is 6.92 Å². The van der Waals surface area contributed by atoms with Gasteiger partial charge < -0.3 is 16.4 Å². The minimum absolute atomic E-state index is 0.123. The second kappa shape index (κ2) is 5.04. The summed E-state index contributed by atoms with van der Waals surface area (Å²) in [5.41, 5.74) is 12.9. The third kappa shape index (κ3) is 2.58. The van der Waals surface area contributed by atoms with Crippen LogP contribution < -0.4 is 21.9 Å². The van der Waals surface area contributed by atoms with E-state index in [1.807, 2.05) is 0 Å². The van der Waals surface area contributed by atoms with Crippen LogP contribution in [0.2, 0.25) is 0 Å². The molecule has 2 heterocycles. The Morgan fingerprint density at radius 2 is 2.10 bits per heavy atom. The first-order valence-electron chi connectivity index (χ1n) is 7.25. The summed E-state index contributed by atoms with van der Waals surface area (Å²) in [5.74, 6) is 0.622. The summed E-state index contributed by atoms with van der Waals surface area (Å²) in [5, 5.41) is 0.566. The number of nitrogens with two attached hydrogens (primary N) is 2. The molecule has 0 saturated carbocycles. The first kappa shape index (κ1) is 13.9. The van der Waals surface area contributed by atoms with Crippen LogP contribution in [0.1, 0.15) is 19.8 Å². The molecule has 0 bridgehead atoms. The van der Waals surface area contributed by atoms with Gasteiger partial charge in [0.1, 0.15) is 0 Å². The normalized spacial score (nSPS) is 18.1. The Balaban J connectivity index is 1.93. The van der Waals surface area contributed by atoms with Gasteiger partial charge in [0, 0.05) is 18.8 Å². The van der Waals surface area contributed by atoms with Crippen molar-refractivity contribution in [2.75, 3.05) is 30.3 Å². The monoisotopic (exact) mass is 287 g/mol. The van der Waals surface area contributed by atoms with Crippen molar-refractivity contribution in [2.24, 2.45) is 11.1 Å². The standard InChI is InChI=1S/C15H21N5O/c1-15(9-16)4-6-20(7-5-15)14-18-12-8-10(17)2-3-11(12)13(21)19-14/h2-3,8H,4-7,9,16-17H2,1H3,(H,18,19,21). The maximum atomic E-state index is 12.2. The molecule has 0 spiro atoms. The molecule has 0 atom stereocenters. The molecule has 0 aliphatic carbocycles. The molecule has 1 aromatic heterocycles. The van der Waals surface area contributed by atoms with E-state index in [-0.39, 0.29) is 11.0 Å².